The van der Waals surface area contributed by atoms with Gasteiger partial charge in [-0.3, -0.25) is 4.79 Å². The van der Waals surface area contributed by atoms with Gasteiger partial charge in [0.2, 0.25) is 5.91 Å². The predicted octanol–water partition coefficient (Wildman–Crippen LogP) is 4.76. The van der Waals surface area contributed by atoms with Gasteiger partial charge in [0, 0.05) is 10.2 Å². The van der Waals surface area contributed by atoms with Crippen molar-refractivity contribution in [2.24, 2.45) is 0 Å². The standard InChI is InChI=1S/C19H18BrN3O3S/c1-12-4-3-5-13(2)18(12)25-10-17-22-23-19(26-17)27-11-16(24)21-15-8-6-14(20)7-9-15/h3-9H,10-11H2,1-2H3,(H,21,24). The topological polar surface area (TPSA) is 77.2 Å². The number of aromatic nitrogens is 2. The van der Waals surface area contributed by atoms with Crippen molar-refractivity contribution in [3.8, 4) is 5.75 Å². The molecular weight excluding hydrogens is 430 g/mol. The van der Waals surface area contributed by atoms with Gasteiger partial charge in [0.05, 0.1) is 5.75 Å². The van der Waals surface area contributed by atoms with Crippen LogP contribution < -0.4 is 10.1 Å². The largest absolute Gasteiger partial charge is 0.483 e. The van der Waals surface area contributed by atoms with Crippen LogP contribution >= 0.6 is 27.7 Å². The third-order valence-corrected chi connectivity index (χ3v) is 5.00. The van der Waals surface area contributed by atoms with Crippen LogP contribution in [0.15, 0.2) is 56.6 Å². The van der Waals surface area contributed by atoms with Crippen molar-refractivity contribution in [2.75, 3.05) is 11.1 Å². The Labute approximate surface area is 169 Å². The van der Waals surface area contributed by atoms with Gasteiger partial charge in [-0.1, -0.05) is 45.9 Å². The van der Waals surface area contributed by atoms with Gasteiger partial charge in [-0.15, -0.1) is 10.2 Å². The van der Waals surface area contributed by atoms with Crippen LogP contribution in [0.4, 0.5) is 5.69 Å². The summed E-state index contributed by atoms with van der Waals surface area (Å²) in [4.78, 5) is 12.0. The second-order valence-electron chi connectivity index (χ2n) is 5.82. The Hall–Kier alpha value is -2.32. The lowest BCUT2D eigenvalue weighted by molar-refractivity contribution is -0.113. The minimum absolute atomic E-state index is 0.145. The summed E-state index contributed by atoms with van der Waals surface area (Å²) in [5, 5.41) is 11.1. The van der Waals surface area contributed by atoms with Gasteiger partial charge in [0.15, 0.2) is 6.61 Å². The highest BCUT2D eigenvalue weighted by atomic mass is 79.9. The molecule has 0 aliphatic rings. The summed E-state index contributed by atoms with van der Waals surface area (Å²) in [5.74, 6) is 1.22. The molecule has 1 aromatic heterocycles. The van der Waals surface area contributed by atoms with E-state index in [0.29, 0.717) is 11.1 Å². The molecule has 6 nitrogen and oxygen atoms in total. The lowest BCUT2D eigenvalue weighted by Gasteiger charge is -2.09. The maximum absolute atomic E-state index is 12.0. The molecule has 0 unspecified atom stereocenters. The van der Waals surface area contributed by atoms with E-state index in [2.05, 4.69) is 31.4 Å². The quantitative estimate of drug-likeness (QED) is 0.526. The van der Waals surface area contributed by atoms with Crippen molar-refractivity contribution < 1.29 is 13.9 Å². The van der Waals surface area contributed by atoms with E-state index in [1.807, 2.05) is 56.3 Å². The number of nitrogens with one attached hydrogen (secondary N) is 1. The van der Waals surface area contributed by atoms with Crippen LogP contribution in [-0.2, 0) is 11.4 Å². The van der Waals surface area contributed by atoms with Crippen molar-refractivity contribution in [2.45, 2.75) is 25.7 Å². The van der Waals surface area contributed by atoms with Crippen LogP contribution in [0.3, 0.4) is 0 Å². The third-order valence-electron chi connectivity index (χ3n) is 3.65. The number of carbonyl (C=O) groups is 1. The van der Waals surface area contributed by atoms with Crippen LogP contribution in [0.25, 0.3) is 0 Å². The molecule has 0 saturated heterocycles. The Morgan fingerprint density at radius 3 is 2.56 bits per heavy atom. The molecule has 0 bridgehead atoms. The normalized spacial score (nSPS) is 10.6. The number of benzene rings is 2. The molecule has 0 atom stereocenters. The lowest BCUT2D eigenvalue weighted by atomic mass is 10.1. The first-order valence-corrected chi connectivity index (χ1v) is 9.99. The van der Waals surface area contributed by atoms with E-state index < -0.39 is 0 Å². The van der Waals surface area contributed by atoms with Crippen molar-refractivity contribution in [1.29, 1.82) is 0 Å². The maximum Gasteiger partial charge on any atom is 0.277 e. The van der Waals surface area contributed by atoms with Crippen LogP contribution in [0.2, 0.25) is 0 Å². The zero-order valence-corrected chi connectivity index (χ0v) is 17.3. The van der Waals surface area contributed by atoms with Gasteiger partial charge in [0.25, 0.3) is 11.1 Å². The van der Waals surface area contributed by atoms with E-state index in [1.54, 1.807) is 0 Å². The Balaban J connectivity index is 1.49. The molecule has 0 aliphatic carbocycles. The zero-order chi connectivity index (χ0) is 19.2. The van der Waals surface area contributed by atoms with Gasteiger partial charge < -0.3 is 14.5 Å². The zero-order valence-electron chi connectivity index (χ0n) is 14.9. The van der Waals surface area contributed by atoms with E-state index in [1.165, 1.54) is 11.8 Å². The van der Waals surface area contributed by atoms with Gasteiger partial charge >= 0.3 is 0 Å². The van der Waals surface area contributed by atoms with Gasteiger partial charge in [-0.2, -0.15) is 0 Å². The molecule has 0 radical (unpaired) electrons. The predicted molar refractivity (Wildman–Crippen MR) is 108 cm³/mol. The number of ether oxygens (including phenoxy) is 1. The molecule has 2 aromatic carbocycles. The minimum atomic E-state index is -0.145. The minimum Gasteiger partial charge on any atom is -0.483 e. The van der Waals surface area contributed by atoms with Gasteiger partial charge in [0.1, 0.15) is 5.75 Å². The van der Waals surface area contributed by atoms with Crippen molar-refractivity contribution in [3.05, 3.63) is 64.0 Å². The summed E-state index contributed by atoms with van der Waals surface area (Å²) in [5.41, 5.74) is 2.83. The van der Waals surface area contributed by atoms with Crippen LogP contribution in [0.5, 0.6) is 5.75 Å². The van der Waals surface area contributed by atoms with Crippen molar-refractivity contribution >= 4 is 39.3 Å². The SMILES string of the molecule is Cc1cccc(C)c1OCc1nnc(SCC(=O)Nc2ccc(Br)cc2)o1. The summed E-state index contributed by atoms with van der Waals surface area (Å²) in [6.45, 7) is 4.16. The summed E-state index contributed by atoms with van der Waals surface area (Å²) < 4.78 is 12.3. The number of hydrogen-bond acceptors (Lipinski definition) is 6. The van der Waals surface area contributed by atoms with Gasteiger partial charge in [-0.25, -0.2) is 0 Å². The Kier molecular flexibility index (Phi) is 6.52. The summed E-state index contributed by atoms with van der Waals surface area (Å²) >= 11 is 4.54. The fourth-order valence-corrected chi connectivity index (χ4v) is 3.22. The first-order chi connectivity index (χ1) is 13.0. The van der Waals surface area contributed by atoms with E-state index in [-0.39, 0.29) is 18.3 Å². The molecule has 140 valence electrons. The Morgan fingerprint density at radius 1 is 1.15 bits per heavy atom. The number of hydrogen-bond donors (Lipinski definition) is 1. The Morgan fingerprint density at radius 2 is 1.85 bits per heavy atom. The number of amides is 1. The average Bonchev–Trinajstić information content (AvgIpc) is 3.09. The van der Waals surface area contributed by atoms with Crippen LogP contribution in [0.1, 0.15) is 17.0 Å². The van der Waals surface area contributed by atoms with E-state index >= 15 is 0 Å². The summed E-state index contributed by atoms with van der Waals surface area (Å²) in [6, 6.07) is 13.3. The molecule has 0 fully saturated rings. The molecule has 1 heterocycles. The number of anilines is 1. The van der Waals surface area contributed by atoms with Gasteiger partial charge in [-0.05, 0) is 49.2 Å². The maximum atomic E-state index is 12.0. The lowest BCUT2D eigenvalue weighted by Crippen LogP contribution is -2.13. The number of para-hydroxylation sites is 1. The number of nitrogens with zero attached hydrogens (tertiary/aromatic N) is 2. The monoisotopic (exact) mass is 447 g/mol. The first-order valence-electron chi connectivity index (χ1n) is 8.21. The highest BCUT2D eigenvalue weighted by Gasteiger charge is 2.12. The molecule has 0 saturated carbocycles. The molecule has 0 aliphatic heterocycles. The highest BCUT2D eigenvalue weighted by Crippen LogP contribution is 2.24. The Bertz CT molecular complexity index is 908. The van der Waals surface area contributed by atoms with Crippen molar-refractivity contribution in [3.63, 3.8) is 0 Å². The number of rotatable bonds is 7. The molecule has 3 aromatic rings. The summed E-state index contributed by atoms with van der Waals surface area (Å²) in [7, 11) is 0. The molecule has 1 amide bonds. The number of carbonyl (C=O) groups excluding carboxylic acids is 1. The van der Waals surface area contributed by atoms with Crippen LogP contribution in [-0.4, -0.2) is 21.9 Å². The highest BCUT2D eigenvalue weighted by molar-refractivity contribution is 9.10. The fourth-order valence-electron chi connectivity index (χ4n) is 2.37. The second-order valence-corrected chi connectivity index (χ2v) is 7.66. The molecule has 3 rings (SSSR count). The molecule has 0 spiro atoms. The number of thioether (sulfide) groups is 1. The first kappa shape index (κ1) is 19.4. The fraction of sp³-hybridized carbons (Fsp3) is 0.211. The van der Waals surface area contributed by atoms with E-state index in [4.69, 9.17) is 9.15 Å². The van der Waals surface area contributed by atoms with Crippen molar-refractivity contribution in [1.82, 2.24) is 10.2 Å². The molecule has 8 heteroatoms. The summed E-state index contributed by atoms with van der Waals surface area (Å²) in [6.07, 6.45) is 0. The molecule has 1 N–H and O–H groups in total. The second kappa shape index (κ2) is 9.05. The smallest absolute Gasteiger partial charge is 0.277 e. The molecule has 27 heavy (non-hydrogen) atoms. The van der Waals surface area contributed by atoms with Crippen LogP contribution in [0, 0.1) is 13.8 Å². The molecular formula is C19H18BrN3O3S. The van der Waals surface area contributed by atoms with E-state index in [9.17, 15) is 4.79 Å². The third kappa shape index (κ3) is 5.58. The van der Waals surface area contributed by atoms with E-state index in [0.717, 1.165) is 27.0 Å². The average molecular weight is 448 g/mol. The number of aryl methyl sites for hydroxylation is 2. The number of halogens is 1.